The van der Waals surface area contributed by atoms with Crippen LogP contribution < -0.4 is 0 Å². The SMILES string of the molecule is ClSSSSC(c1ccccc1)(c1ccccc1)c1ccccc1. The van der Waals surface area contributed by atoms with Gasteiger partial charge in [-0.15, -0.1) is 0 Å². The molecule has 0 nitrogen and oxygen atoms in total. The highest BCUT2D eigenvalue weighted by molar-refractivity contribution is 9.28. The molecule has 0 radical (unpaired) electrons. The van der Waals surface area contributed by atoms with Crippen LogP contribution in [0.1, 0.15) is 16.7 Å². The lowest BCUT2D eigenvalue weighted by atomic mass is 9.84. The maximum Gasteiger partial charge on any atom is 0.102 e. The van der Waals surface area contributed by atoms with Crippen molar-refractivity contribution in [3.8, 4) is 0 Å². The predicted octanol–water partition coefficient (Wildman–Crippen LogP) is 7.81. The summed E-state index contributed by atoms with van der Waals surface area (Å²) in [6.07, 6.45) is 0. The van der Waals surface area contributed by atoms with Gasteiger partial charge in [-0.05, 0) is 37.2 Å². The molecule has 0 aliphatic carbocycles. The van der Waals surface area contributed by atoms with Crippen molar-refractivity contribution >= 4 is 51.1 Å². The van der Waals surface area contributed by atoms with E-state index in [-0.39, 0.29) is 4.75 Å². The number of rotatable bonds is 7. The Labute approximate surface area is 162 Å². The lowest BCUT2D eigenvalue weighted by Crippen LogP contribution is -2.24. The molecule has 0 saturated carbocycles. The van der Waals surface area contributed by atoms with Gasteiger partial charge >= 0.3 is 0 Å². The van der Waals surface area contributed by atoms with Crippen molar-refractivity contribution in [2.45, 2.75) is 4.75 Å². The van der Waals surface area contributed by atoms with Crippen molar-refractivity contribution in [1.29, 1.82) is 0 Å². The Balaban J connectivity index is 2.20. The molecule has 0 N–H and O–H groups in total. The summed E-state index contributed by atoms with van der Waals surface area (Å²) >= 11 is 0. The molecule has 5 heteroatoms. The van der Waals surface area contributed by atoms with Gasteiger partial charge < -0.3 is 0 Å². The largest absolute Gasteiger partial charge is 0.102 e. The van der Waals surface area contributed by atoms with Crippen molar-refractivity contribution in [3.05, 3.63) is 108 Å². The number of hydrogen-bond acceptors (Lipinski definition) is 4. The van der Waals surface area contributed by atoms with E-state index in [1.54, 1.807) is 19.7 Å². The Bertz CT molecular complexity index is 638. The minimum absolute atomic E-state index is 0.284. The average Bonchev–Trinajstić information content (AvgIpc) is 2.68. The maximum atomic E-state index is 5.81. The van der Waals surface area contributed by atoms with E-state index in [1.807, 2.05) is 10.8 Å². The van der Waals surface area contributed by atoms with E-state index in [2.05, 4.69) is 91.0 Å². The van der Waals surface area contributed by atoms with Crippen LogP contribution in [0.3, 0.4) is 0 Å². The van der Waals surface area contributed by atoms with Crippen LogP contribution in [0.15, 0.2) is 91.0 Å². The minimum Gasteiger partial charge on any atom is -0.0622 e. The Morgan fingerprint density at radius 3 is 1.25 bits per heavy atom. The van der Waals surface area contributed by atoms with E-state index in [0.717, 1.165) is 0 Å². The first-order valence-corrected chi connectivity index (χ1v) is 13.0. The zero-order valence-corrected chi connectivity index (χ0v) is 16.7. The Kier molecular flexibility index (Phi) is 6.93. The van der Waals surface area contributed by atoms with Crippen LogP contribution >= 0.6 is 51.1 Å². The Morgan fingerprint density at radius 2 is 0.917 bits per heavy atom. The molecule has 3 aromatic rings. The fourth-order valence-corrected chi connectivity index (χ4v) is 9.28. The van der Waals surface area contributed by atoms with Gasteiger partial charge in [0.15, 0.2) is 0 Å². The standard InChI is InChI=1S/C19H15ClS4/c20-22-24-23-21-19(16-10-4-1-5-11-16,17-12-6-2-7-13-17)18-14-8-3-9-15-18/h1-15H. The maximum absolute atomic E-state index is 5.81. The van der Waals surface area contributed by atoms with Crippen LogP contribution in [0, 0.1) is 0 Å². The van der Waals surface area contributed by atoms with Gasteiger partial charge in [0.05, 0.1) is 0 Å². The van der Waals surface area contributed by atoms with Crippen molar-refractivity contribution in [2.75, 3.05) is 0 Å². The molecule has 0 amide bonds. The van der Waals surface area contributed by atoms with Crippen molar-refractivity contribution in [2.24, 2.45) is 0 Å². The number of hydrogen-bond donors (Lipinski definition) is 0. The van der Waals surface area contributed by atoms with E-state index in [9.17, 15) is 0 Å². The first-order valence-electron chi connectivity index (χ1n) is 7.34. The van der Waals surface area contributed by atoms with Gasteiger partial charge in [0, 0.05) is 19.8 Å². The zero-order chi connectivity index (χ0) is 16.7. The lowest BCUT2D eigenvalue weighted by Gasteiger charge is -2.34. The number of benzene rings is 3. The third-order valence-electron chi connectivity index (χ3n) is 3.75. The van der Waals surface area contributed by atoms with Crippen LogP contribution in [0.2, 0.25) is 0 Å². The first kappa shape index (κ1) is 18.2. The molecule has 0 bridgehead atoms. The van der Waals surface area contributed by atoms with E-state index in [4.69, 9.17) is 10.7 Å². The molecule has 0 aliphatic rings. The third-order valence-corrected chi connectivity index (χ3v) is 10.6. The second-order valence-electron chi connectivity index (χ2n) is 5.06. The predicted molar refractivity (Wildman–Crippen MR) is 115 cm³/mol. The van der Waals surface area contributed by atoms with E-state index in [1.165, 1.54) is 26.7 Å². The van der Waals surface area contributed by atoms with E-state index >= 15 is 0 Å². The van der Waals surface area contributed by atoms with E-state index < -0.39 is 0 Å². The summed E-state index contributed by atoms with van der Waals surface area (Å²) in [5, 5.41) is 0. The molecule has 0 spiro atoms. The third kappa shape index (κ3) is 3.94. The van der Waals surface area contributed by atoms with Crippen LogP contribution in [-0.4, -0.2) is 0 Å². The summed E-state index contributed by atoms with van der Waals surface area (Å²) in [5.74, 6) is 0. The minimum atomic E-state index is -0.284. The highest BCUT2D eigenvalue weighted by Gasteiger charge is 2.37. The zero-order valence-electron chi connectivity index (χ0n) is 12.7. The van der Waals surface area contributed by atoms with Crippen LogP contribution in [0.4, 0.5) is 0 Å². The van der Waals surface area contributed by atoms with Crippen molar-refractivity contribution in [1.82, 2.24) is 0 Å². The molecule has 0 saturated heterocycles. The van der Waals surface area contributed by atoms with Crippen LogP contribution in [0.25, 0.3) is 0 Å². The first-order chi connectivity index (χ1) is 11.9. The van der Waals surface area contributed by atoms with Gasteiger partial charge in [-0.3, -0.25) is 0 Å². The lowest BCUT2D eigenvalue weighted by molar-refractivity contribution is 0.903. The van der Waals surface area contributed by atoms with Crippen LogP contribution in [0.5, 0.6) is 0 Å². The van der Waals surface area contributed by atoms with Gasteiger partial charge in [0.1, 0.15) is 4.75 Å². The molecule has 0 heterocycles. The number of halogens is 1. The Hall–Kier alpha value is -0.650. The highest BCUT2D eigenvalue weighted by Crippen LogP contribution is 2.58. The molecule has 3 rings (SSSR count). The molecule has 0 aromatic heterocycles. The summed E-state index contributed by atoms with van der Waals surface area (Å²) in [7, 11) is 12.2. The van der Waals surface area contributed by atoms with Gasteiger partial charge in [-0.1, -0.05) is 102 Å². The monoisotopic (exact) mass is 406 g/mol. The van der Waals surface area contributed by atoms with Gasteiger partial charge in [-0.2, -0.15) is 0 Å². The second kappa shape index (κ2) is 9.16. The second-order valence-corrected chi connectivity index (χ2v) is 11.5. The molecule has 0 atom stereocenters. The molecule has 0 unspecified atom stereocenters. The molecule has 122 valence electrons. The summed E-state index contributed by atoms with van der Waals surface area (Å²) < 4.78 is -0.284. The van der Waals surface area contributed by atoms with Crippen molar-refractivity contribution < 1.29 is 0 Å². The fraction of sp³-hybridized carbons (Fsp3) is 0.0526. The van der Waals surface area contributed by atoms with Crippen molar-refractivity contribution in [3.63, 3.8) is 0 Å². The normalized spacial score (nSPS) is 11.4. The highest BCUT2D eigenvalue weighted by atomic mass is 35.7. The molecule has 24 heavy (non-hydrogen) atoms. The summed E-state index contributed by atoms with van der Waals surface area (Å²) in [6.45, 7) is 0. The fourth-order valence-electron chi connectivity index (χ4n) is 2.74. The summed E-state index contributed by atoms with van der Waals surface area (Å²) in [4.78, 5) is 0. The molecular formula is C19H15ClS4. The van der Waals surface area contributed by atoms with Gasteiger partial charge in [0.25, 0.3) is 0 Å². The quantitative estimate of drug-likeness (QED) is 0.223. The van der Waals surface area contributed by atoms with E-state index in [0.29, 0.717) is 0 Å². The van der Waals surface area contributed by atoms with Gasteiger partial charge in [0.2, 0.25) is 0 Å². The summed E-state index contributed by atoms with van der Waals surface area (Å²) in [5.41, 5.74) is 3.79. The molecule has 3 aromatic carbocycles. The molecular weight excluding hydrogens is 392 g/mol. The van der Waals surface area contributed by atoms with Gasteiger partial charge in [-0.25, -0.2) is 0 Å². The average molecular weight is 407 g/mol. The Morgan fingerprint density at radius 1 is 0.542 bits per heavy atom. The topological polar surface area (TPSA) is 0 Å². The smallest absolute Gasteiger partial charge is 0.0622 e. The molecule has 0 aliphatic heterocycles. The van der Waals surface area contributed by atoms with Crippen LogP contribution in [-0.2, 0) is 4.75 Å². The summed E-state index contributed by atoms with van der Waals surface area (Å²) in [6, 6.07) is 32.0. The molecule has 0 fully saturated rings.